The number of benzene rings is 2. The van der Waals surface area contributed by atoms with Gasteiger partial charge in [-0.25, -0.2) is 0 Å². The van der Waals surface area contributed by atoms with Crippen molar-refractivity contribution in [2.75, 3.05) is 0 Å². The average Bonchev–Trinajstić information content (AvgIpc) is 2.38. The first-order chi connectivity index (χ1) is 9.45. The molecule has 0 aliphatic heterocycles. The van der Waals surface area contributed by atoms with Crippen molar-refractivity contribution in [1.82, 2.24) is 0 Å². The molecular weight excluding hydrogens is 271 g/mol. The third kappa shape index (κ3) is 3.72. The normalized spacial score (nSPS) is 10.7. The van der Waals surface area contributed by atoms with Gasteiger partial charge in [0.25, 0.3) is 0 Å². The van der Waals surface area contributed by atoms with E-state index in [2.05, 4.69) is 0 Å². The first kappa shape index (κ1) is 14.8. The van der Waals surface area contributed by atoms with Crippen LogP contribution in [-0.2, 0) is 0 Å². The van der Waals surface area contributed by atoms with E-state index < -0.39 is 8.60 Å². The van der Waals surface area contributed by atoms with E-state index in [1.54, 1.807) is 12.1 Å². The Kier molecular flexibility index (Phi) is 4.64. The van der Waals surface area contributed by atoms with Gasteiger partial charge in [-0.15, -0.1) is 0 Å². The minimum absolute atomic E-state index is 0.554. The molecule has 0 bridgehead atoms. The van der Waals surface area contributed by atoms with Crippen molar-refractivity contribution < 1.29 is 13.9 Å². The van der Waals surface area contributed by atoms with Crippen LogP contribution in [-0.4, -0.2) is 0 Å². The Morgan fingerprint density at radius 2 is 1.10 bits per heavy atom. The molecule has 3 nitrogen and oxygen atoms in total. The van der Waals surface area contributed by atoms with E-state index in [4.69, 9.17) is 9.05 Å². The zero-order valence-corrected chi connectivity index (χ0v) is 13.0. The van der Waals surface area contributed by atoms with Crippen LogP contribution in [0, 0.1) is 27.7 Å². The molecule has 0 fully saturated rings. The maximum atomic E-state index is 11.9. The summed E-state index contributed by atoms with van der Waals surface area (Å²) in [6.45, 7) is 8.01. The van der Waals surface area contributed by atoms with Gasteiger partial charge in [0.2, 0.25) is 8.60 Å². The molecule has 4 heteroatoms. The average molecular weight is 289 g/mol. The Labute approximate surface area is 121 Å². The predicted octanol–water partition coefficient (Wildman–Crippen LogP) is 3.97. The molecule has 0 atom stereocenters. The van der Waals surface area contributed by atoms with Gasteiger partial charge >= 0.3 is 0 Å². The molecular formula is C16H18O3P-. The summed E-state index contributed by atoms with van der Waals surface area (Å²) in [6.07, 6.45) is 0. The molecule has 2 aromatic rings. The van der Waals surface area contributed by atoms with Crippen LogP contribution < -0.4 is 13.9 Å². The summed E-state index contributed by atoms with van der Waals surface area (Å²) in [5.41, 5.74) is 4.53. The lowest BCUT2D eigenvalue weighted by Crippen LogP contribution is -2.07. The molecule has 0 radical (unpaired) electrons. The molecule has 2 rings (SSSR count). The Morgan fingerprint density at radius 3 is 1.45 bits per heavy atom. The van der Waals surface area contributed by atoms with Gasteiger partial charge in [-0.1, -0.05) is 12.1 Å². The van der Waals surface area contributed by atoms with E-state index in [9.17, 15) is 4.89 Å². The summed E-state index contributed by atoms with van der Waals surface area (Å²) in [5.74, 6) is 1.11. The number of rotatable bonds is 4. The summed E-state index contributed by atoms with van der Waals surface area (Å²) in [5, 5.41) is 0. The highest BCUT2D eigenvalue weighted by Crippen LogP contribution is 2.34. The molecule has 106 valence electrons. The van der Waals surface area contributed by atoms with E-state index in [1.807, 2.05) is 52.0 Å². The molecule has 0 saturated carbocycles. The van der Waals surface area contributed by atoms with Gasteiger partial charge < -0.3 is 13.9 Å². The van der Waals surface area contributed by atoms with Gasteiger partial charge in [-0.05, 0) is 74.2 Å². The van der Waals surface area contributed by atoms with Gasteiger partial charge in [-0.2, -0.15) is 0 Å². The fourth-order valence-corrected chi connectivity index (χ4v) is 2.34. The molecule has 0 spiro atoms. The van der Waals surface area contributed by atoms with Crippen molar-refractivity contribution in [1.29, 1.82) is 0 Å². The van der Waals surface area contributed by atoms with Crippen molar-refractivity contribution in [2.45, 2.75) is 27.7 Å². The van der Waals surface area contributed by atoms with Gasteiger partial charge in [0.1, 0.15) is 11.5 Å². The fourth-order valence-electron chi connectivity index (χ4n) is 1.73. The third-order valence-electron chi connectivity index (χ3n) is 3.32. The Hall–Kier alpha value is -1.57. The third-order valence-corrected chi connectivity index (χ3v) is 4.04. The smallest absolute Gasteiger partial charge is 0.210 e. The second kappa shape index (κ2) is 6.25. The summed E-state index contributed by atoms with van der Waals surface area (Å²) >= 11 is 0. The molecule has 0 aromatic heterocycles. The minimum atomic E-state index is -2.23. The van der Waals surface area contributed by atoms with Crippen LogP contribution >= 0.6 is 8.60 Å². The molecule has 0 heterocycles. The van der Waals surface area contributed by atoms with Crippen LogP contribution in [0.25, 0.3) is 0 Å². The largest absolute Gasteiger partial charge is 0.765 e. The van der Waals surface area contributed by atoms with Crippen LogP contribution in [0.4, 0.5) is 0 Å². The van der Waals surface area contributed by atoms with Gasteiger partial charge in [0.15, 0.2) is 0 Å². The molecule has 0 aliphatic carbocycles. The lowest BCUT2D eigenvalue weighted by Gasteiger charge is -2.23. The van der Waals surface area contributed by atoms with E-state index in [0.29, 0.717) is 11.5 Å². The fraction of sp³-hybridized carbons (Fsp3) is 0.250. The quantitative estimate of drug-likeness (QED) is 0.800. The molecule has 0 amide bonds. The molecule has 20 heavy (non-hydrogen) atoms. The standard InChI is InChI=1S/C16H18O3P/c1-11-5-7-15(9-13(11)3)18-20(17)19-16-8-6-12(2)14(4)10-16/h5-10H,1-4H3/q-1. The lowest BCUT2D eigenvalue weighted by molar-refractivity contribution is -0.189. The Balaban J connectivity index is 2.02. The lowest BCUT2D eigenvalue weighted by atomic mass is 10.1. The SMILES string of the molecule is Cc1ccc(OP([O-])Oc2ccc(C)c(C)c2)cc1C. The second-order valence-corrected chi connectivity index (χ2v) is 5.71. The number of hydrogen-bond donors (Lipinski definition) is 0. The zero-order valence-electron chi connectivity index (χ0n) is 12.1. The van der Waals surface area contributed by atoms with Crippen LogP contribution in [0.3, 0.4) is 0 Å². The van der Waals surface area contributed by atoms with E-state index in [0.717, 1.165) is 11.1 Å². The summed E-state index contributed by atoms with van der Waals surface area (Å²) < 4.78 is 10.6. The topological polar surface area (TPSA) is 41.5 Å². The van der Waals surface area contributed by atoms with Crippen LogP contribution in [0.5, 0.6) is 11.5 Å². The number of aryl methyl sites for hydroxylation is 4. The van der Waals surface area contributed by atoms with Crippen LogP contribution in [0.15, 0.2) is 36.4 Å². The van der Waals surface area contributed by atoms with Crippen molar-refractivity contribution >= 4 is 8.60 Å². The zero-order chi connectivity index (χ0) is 14.7. The minimum Gasteiger partial charge on any atom is -0.765 e. The highest BCUT2D eigenvalue weighted by Gasteiger charge is 2.04. The van der Waals surface area contributed by atoms with Gasteiger partial charge in [0.05, 0.1) is 0 Å². The number of hydrogen-bond acceptors (Lipinski definition) is 3. The van der Waals surface area contributed by atoms with E-state index in [1.165, 1.54) is 11.1 Å². The molecule has 2 aromatic carbocycles. The molecule has 0 N–H and O–H groups in total. The van der Waals surface area contributed by atoms with Gasteiger partial charge in [-0.3, -0.25) is 0 Å². The van der Waals surface area contributed by atoms with Crippen molar-refractivity contribution in [2.24, 2.45) is 0 Å². The van der Waals surface area contributed by atoms with E-state index >= 15 is 0 Å². The van der Waals surface area contributed by atoms with Gasteiger partial charge in [0, 0.05) is 0 Å². The summed E-state index contributed by atoms with van der Waals surface area (Å²) in [4.78, 5) is 11.9. The second-order valence-electron chi connectivity index (χ2n) is 4.90. The first-order valence-corrected chi connectivity index (χ1v) is 7.53. The maximum absolute atomic E-state index is 11.9. The van der Waals surface area contributed by atoms with E-state index in [-0.39, 0.29) is 0 Å². The highest BCUT2D eigenvalue weighted by molar-refractivity contribution is 7.39. The highest BCUT2D eigenvalue weighted by atomic mass is 31.2. The first-order valence-electron chi connectivity index (χ1n) is 6.43. The van der Waals surface area contributed by atoms with Crippen LogP contribution in [0.2, 0.25) is 0 Å². The predicted molar refractivity (Wildman–Crippen MR) is 80.0 cm³/mol. The maximum Gasteiger partial charge on any atom is 0.210 e. The van der Waals surface area contributed by atoms with Crippen molar-refractivity contribution in [3.63, 3.8) is 0 Å². The monoisotopic (exact) mass is 289 g/mol. The summed E-state index contributed by atoms with van der Waals surface area (Å²) in [7, 11) is -2.23. The Bertz CT molecular complexity index is 557. The summed E-state index contributed by atoms with van der Waals surface area (Å²) in [6, 6.07) is 11.2. The Morgan fingerprint density at radius 1 is 0.700 bits per heavy atom. The van der Waals surface area contributed by atoms with Crippen molar-refractivity contribution in [3.05, 3.63) is 58.7 Å². The molecule has 0 aliphatic rings. The van der Waals surface area contributed by atoms with Crippen LogP contribution in [0.1, 0.15) is 22.3 Å². The molecule has 0 saturated heterocycles. The molecule has 0 unspecified atom stereocenters. The van der Waals surface area contributed by atoms with Crippen molar-refractivity contribution in [3.8, 4) is 11.5 Å².